The SMILES string of the molecule is CS(=O)(=O)CCNC(=O)c1cc2nc(-c3cccc4[nH]ncc34)nc(N3CCOCC3)c2s1. The van der Waals surface area contributed by atoms with Crippen molar-refractivity contribution in [3.8, 4) is 11.4 Å². The minimum absolute atomic E-state index is 0.0572. The normalized spacial score (nSPS) is 14.8. The first-order valence-electron chi connectivity index (χ1n) is 10.4. The van der Waals surface area contributed by atoms with Crippen molar-refractivity contribution < 1.29 is 17.9 Å². The smallest absolute Gasteiger partial charge is 0.261 e. The maximum atomic E-state index is 12.7. The molecular weight excluding hydrogens is 464 g/mol. The molecule has 0 unspecified atom stereocenters. The Balaban J connectivity index is 1.57. The number of amides is 1. The molecule has 10 nitrogen and oxygen atoms in total. The molecule has 0 bridgehead atoms. The molecule has 0 spiro atoms. The van der Waals surface area contributed by atoms with Gasteiger partial charge in [-0.15, -0.1) is 11.3 Å². The number of benzene rings is 1. The van der Waals surface area contributed by atoms with Gasteiger partial charge in [0.2, 0.25) is 0 Å². The van der Waals surface area contributed by atoms with Gasteiger partial charge < -0.3 is 15.0 Å². The highest BCUT2D eigenvalue weighted by molar-refractivity contribution is 7.90. The van der Waals surface area contributed by atoms with E-state index in [0.29, 0.717) is 42.5 Å². The highest BCUT2D eigenvalue weighted by atomic mass is 32.2. The number of thiophene rings is 1. The fourth-order valence-electron chi connectivity index (χ4n) is 3.74. The van der Waals surface area contributed by atoms with Gasteiger partial charge in [0.1, 0.15) is 9.84 Å². The number of H-pyrrole nitrogens is 1. The van der Waals surface area contributed by atoms with Crippen LogP contribution in [0.4, 0.5) is 5.82 Å². The second-order valence-electron chi connectivity index (χ2n) is 7.82. The lowest BCUT2D eigenvalue weighted by Gasteiger charge is -2.28. The number of carbonyl (C=O) groups is 1. The average Bonchev–Trinajstić information content (AvgIpc) is 3.45. The average molecular weight is 487 g/mol. The maximum Gasteiger partial charge on any atom is 0.261 e. The molecule has 12 heteroatoms. The van der Waals surface area contributed by atoms with Crippen LogP contribution in [0, 0.1) is 0 Å². The summed E-state index contributed by atoms with van der Waals surface area (Å²) < 4.78 is 29.0. The number of morpholine rings is 1. The van der Waals surface area contributed by atoms with Gasteiger partial charge in [0.05, 0.1) is 45.8 Å². The topological polar surface area (TPSA) is 130 Å². The number of nitrogens with zero attached hydrogens (tertiary/aromatic N) is 4. The third kappa shape index (κ3) is 4.54. The number of rotatable bonds is 6. The van der Waals surface area contributed by atoms with Crippen molar-refractivity contribution in [2.45, 2.75) is 0 Å². The summed E-state index contributed by atoms with van der Waals surface area (Å²) in [4.78, 5) is 25.0. The monoisotopic (exact) mass is 486 g/mol. The van der Waals surface area contributed by atoms with E-state index in [2.05, 4.69) is 20.4 Å². The number of hydrogen-bond donors (Lipinski definition) is 2. The van der Waals surface area contributed by atoms with Crippen LogP contribution in [0.5, 0.6) is 0 Å². The maximum absolute atomic E-state index is 12.7. The molecule has 0 saturated carbocycles. The van der Waals surface area contributed by atoms with Crippen LogP contribution in [0.3, 0.4) is 0 Å². The van der Waals surface area contributed by atoms with Gasteiger partial charge in [0.15, 0.2) is 11.6 Å². The van der Waals surface area contributed by atoms with E-state index in [-0.39, 0.29) is 18.2 Å². The number of anilines is 1. The Labute approximate surface area is 193 Å². The third-order valence-corrected chi connectivity index (χ3v) is 7.44. The number of carbonyl (C=O) groups excluding carboxylic acids is 1. The molecule has 5 rings (SSSR count). The van der Waals surface area contributed by atoms with E-state index in [4.69, 9.17) is 14.7 Å². The van der Waals surface area contributed by atoms with Crippen LogP contribution >= 0.6 is 11.3 Å². The zero-order chi connectivity index (χ0) is 23.0. The first-order valence-corrected chi connectivity index (χ1v) is 13.3. The van der Waals surface area contributed by atoms with Crippen molar-refractivity contribution in [1.29, 1.82) is 0 Å². The van der Waals surface area contributed by atoms with Gasteiger partial charge in [0.25, 0.3) is 5.91 Å². The van der Waals surface area contributed by atoms with Gasteiger partial charge in [-0.2, -0.15) is 5.10 Å². The van der Waals surface area contributed by atoms with Gasteiger partial charge in [-0.25, -0.2) is 18.4 Å². The van der Waals surface area contributed by atoms with Crippen molar-refractivity contribution in [3.05, 3.63) is 35.3 Å². The molecule has 2 N–H and O–H groups in total. The summed E-state index contributed by atoms with van der Waals surface area (Å²) in [7, 11) is -3.16. The predicted octanol–water partition coefficient (Wildman–Crippen LogP) is 1.85. The van der Waals surface area contributed by atoms with E-state index < -0.39 is 9.84 Å². The first kappa shape index (κ1) is 21.7. The van der Waals surface area contributed by atoms with E-state index in [1.54, 1.807) is 12.3 Å². The summed E-state index contributed by atoms with van der Waals surface area (Å²) in [6, 6.07) is 7.55. The van der Waals surface area contributed by atoms with Gasteiger partial charge >= 0.3 is 0 Å². The van der Waals surface area contributed by atoms with Crippen molar-refractivity contribution in [2.75, 3.05) is 49.8 Å². The Kier molecular flexibility index (Phi) is 5.72. The lowest BCUT2D eigenvalue weighted by atomic mass is 10.1. The highest BCUT2D eigenvalue weighted by Crippen LogP contribution is 2.35. The van der Waals surface area contributed by atoms with Crippen LogP contribution in [-0.2, 0) is 14.6 Å². The summed E-state index contributed by atoms with van der Waals surface area (Å²) >= 11 is 1.31. The molecule has 33 heavy (non-hydrogen) atoms. The summed E-state index contributed by atoms with van der Waals surface area (Å²) in [5.74, 6) is 0.881. The Bertz CT molecular complexity index is 1440. The standard InChI is InChI=1S/C21H22N6O4S2/c1-33(29,30)10-5-22-21(28)17-11-16-18(32-17)20(27-6-8-31-9-7-27)25-19(24-16)13-3-2-4-15-14(13)12-23-26-15/h2-4,11-12H,5-10H2,1H3,(H,22,28)(H,23,26). The zero-order valence-electron chi connectivity index (χ0n) is 17.9. The first-order chi connectivity index (χ1) is 15.9. The third-order valence-electron chi connectivity index (χ3n) is 5.37. The van der Waals surface area contributed by atoms with Crippen LogP contribution < -0.4 is 10.2 Å². The second-order valence-corrected chi connectivity index (χ2v) is 11.1. The van der Waals surface area contributed by atoms with Crippen molar-refractivity contribution in [2.24, 2.45) is 0 Å². The number of aromatic amines is 1. The summed E-state index contributed by atoms with van der Waals surface area (Å²) in [5.41, 5.74) is 2.41. The van der Waals surface area contributed by atoms with E-state index in [9.17, 15) is 13.2 Å². The molecule has 0 radical (unpaired) electrons. The molecule has 4 aromatic rings. The fraction of sp³-hybridized carbons (Fsp3) is 0.333. The lowest BCUT2D eigenvalue weighted by Crippen LogP contribution is -2.36. The van der Waals surface area contributed by atoms with Crippen LogP contribution in [0.2, 0.25) is 0 Å². The Hall–Kier alpha value is -3.09. The quantitative estimate of drug-likeness (QED) is 0.422. The molecule has 3 aromatic heterocycles. The molecule has 1 aromatic carbocycles. The fourth-order valence-corrected chi connectivity index (χ4v) is 5.24. The number of aromatic nitrogens is 4. The van der Waals surface area contributed by atoms with Crippen molar-refractivity contribution >= 4 is 54.0 Å². The molecule has 0 aliphatic carbocycles. The number of sulfone groups is 1. The summed E-state index contributed by atoms with van der Waals surface area (Å²) in [5, 5.41) is 10.7. The van der Waals surface area contributed by atoms with Gasteiger partial charge in [-0.3, -0.25) is 9.89 Å². The minimum atomic E-state index is -3.16. The Morgan fingerprint density at radius 1 is 1.27 bits per heavy atom. The molecule has 1 fully saturated rings. The minimum Gasteiger partial charge on any atom is -0.378 e. The number of hydrogen-bond acceptors (Lipinski definition) is 9. The molecule has 1 aliphatic heterocycles. The lowest BCUT2D eigenvalue weighted by molar-refractivity contribution is 0.0960. The van der Waals surface area contributed by atoms with E-state index in [0.717, 1.165) is 33.2 Å². The number of nitrogens with one attached hydrogen (secondary N) is 2. The summed E-state index contributed by atoms with van der Waals surface area (Å²) in [6.45, 7) is 2.64. The number of ether oxygens (including phenoxy) is 1. The van der Waals surface area contributed by atoms with Gasteiger partial charge in [0, 0.05) is 36.8 Å². The van der Waals surface area contributed by atoms with E-state index >= 15 is 0 Å². The molecule has 0 atom stereocenters. The van der Waals surface area contributed by atoms with Crippen molar-refractivity contribution in [1.82, 2.24) is 25.5 Å². The van der Waals surface area contributed by atoms with Crippen LogP contribution in [0.1, 0.15) is 9.67 Å². The largest absolute Gasteiger partial charge is 0.378 e. The van der Waals surface area contributed by atoms with E-state index in [1.165, 1.54) is 11.3 Å². The molecule has 1 saturated heterocycles. The number of fused-ring (bicyclic) bond motifs is 2. The second kappa shape index (κ2) is 8.69. The molecule has 4 heterocycles. The molecule has 1 amide bonds. The van der Waals surface area contributed by atoms with E-state index in [1.807, 2.05) is 18.2 Å². The van der Waals surface area contributed by atoms with Gasteiger partial charge in [-0.1, -0.05) is 12.1 Å². The Morgan fingerprint density at radius 3 is 2.88 bits per heavy atom. The molecule has 1 aliphatic rings. The molecule has 172 valence electrons. The van der Waals surface area contributed by atoms with Crippen LogP contribution in [-0.4, -0.2) is 79.3 Å². The predicted molar refractivity (Wildman–Crippen MR) is 128 cm³/mol. The molecular formula is C21H22N6O4S2. The summed E-state index contributed by atoms with van der Waals surface area (Å²) in [6.07, 6.45) is 2.89. The highest BCUT2D eigenvalue weighted by Gasteiger charge is 2.22. The van der Waals surface area contributed by atoms with Gasteiger partial charge in [-0.05, 0) is 12.1 Å². The van der Waals surface area contributed by atoms with Crippen molar-refractivity contribution in [3.63, 3.8) is 0 Å². The van der Waals surface area contributed by atoms with Crippen LogP contribution in [0.25, 0.3) is 32.5 Å². The van der Waals surface area contributed by atoms with Crippen LogP contribution in [0.15, 0.2) is 30.5 Å². The zero-order valence-corrected chi connectivity index (χ0v) is 19.5. The Morgan fingerprint density at radius 2 is 2.09 bits per heavy atom.